The molecule has 0 aliphatic rings. The first kappa shape index (κ1) is 19.9. The van der Waals surface area contributed by atoms with Gasteiger partial charge in [0.25, 0.3) is 5.91 Å². The van der Waals surface area contributed by atoms with Crippen molar-refractivity contribution >= 4 is 40.3 Å². The normalized spacial score (nSPS) is 10.4. The highest BCUT2D eigenvalue weighted by molar-refractivity contribution is 7.15. The van der Waals surface area contributed by atoms with Gasteiger partial charge in [-0.05, 0) is 35.9 Å². The summed E-state index contributed by atoms with van der Waals surface area (Å²) in [6.45, 7) is -0.208. The lowest BCUT2D eigenvalue weighted by Crippen LogP contribution is -2.20. The van der Waals surface area contributed by atoms with E-state index in [1.54, 1.807) is 24.4 Å². The molecule has 3 rings (SSSR count). The molecule has 1 N–H and O–H groups in total. The lowest BCUT2D eigenvalue weighted by atomic mass is 10.1. The van der Waals surface area contributed by atoms with Crippen molar-refractivity contribution in [2.24, 2.45) is 0 Å². The van der Waals surface area contributed by atoms with Crippen molar-refractivity contribution in [2.75, 3.05) is 19.0 Å². The van der Waals surface area contributed by atoms with E-state index in [4.69, 9.17) is 21.1 Å². The molecule has 0 atom stereocenters. The van der Waals surface area contributed by atoms with E-state index in [0.29, 0.717) is 39.9 Å². The summed E-state index contributed by atoms with van der Waals surface area (Å²) in [6, 6.07) is 12.3. The molecule has 0 fully saturated rings. The second kappa shape index (κ2) is 9.34. The van der Waals surface area contributed by atoms with E-state index in [2.05, 4.69) is 10.3 Å². The summed E-state index contributed by atoms with van der Waals surface area (Å²) in [4.78, 5) is 28.2. The molecule has 0 saturated heterocycles. The van der Waals surface area contributed by atoms with Crippen LogP contribution in [0.4, 0.5) is 5.13 Å². The number of ether oxygens (including phenoxy) is 2. The highest BCUT2D eigenvalue weighted by Gasteiger charge is 2.11. The van der Waals surface area contributed by atoms with Gasteiger partial charge in [0, 0.05) is 28.1 Å². The Morgan fingerprint density at radius 2 is 2.11 bits per heavy atom. The minimum atomic E-state index is -0.342. The summed E-state index contributed by atoms with van der Waals surface area (Å²) in [6.07, 6.45) is 3.12. The number of anilines is 1. The molecule has 2 aromatic carbocycles. The molecule has 3 aromatic rings. The first-order chi connectivity index (χ1) is 13.6. The number of carbonyl (C=O) groups excluding carboxylic acids is 2. The van der Waals surface area contributed by atoms with E-state index in [9.17, 15) is 9.59 Å². The lowest BCUT2D eigenvalue weighted by Gasteiger charge is -2.10. The number of aromatic nitrogens is 1. The number of rotatable bonds is 8. The molecule has 0 saturated carbocycles. The van der Waals surface area contributed by atoms with Gasteiger partial charge in [-0.2, -0.15) is 0 Å². The van der Waals surface area contributed by atoms with Gasteiger partial charge in [-0.25, -0.2) is 4.98 Å². The monoisotopic (exact) mass is 416 g/mol. The Labute approximate surface area is 171 Å². The van der Waals surface area contributed by atoms with Crippen molar-refractivity contribution in [2.45, 2.75) is 6.42 Å². The fourth-order valence-corrected chi connectivity index (χ4v) is 3.55. The topological polar surface area (TPSA) is 77.5 Å². The van der Waals surface area contributed by atoms with Gasteiger partial charge < -0.3 is 9.47 Å². The van der Waals surface area contributed by atoms with Gasteiger partial charge in [0.15, 0.2) is 23.2 Å². The second-order valence-corrected chi connectivity index (χ2v) is 7.36. The molecular weight excluding hydrogens is 400 g/mol. The molecule has 144 valence electrons. The third-order valence-corrected chi connectivity index (χ3v) is 4.90. The Balaban J connectivity index is 1.55. The first-order valence-electron chi connectivity index (χ1n) is 8.32. The van der Waals surface area contributed by atoms with E-state index >= 15 is 0 Å². The van der Waals surface area contributed by atoms with Crippen LogP contribution in [0, 0.1) is 0 Å². The van der Waals surface area contributed by atoms with E-state index in [1.807, 2.05) is 24.3 Å². The maximum atomic E-state index is 12.1. The Morgan fingerprint density at radius 1 is 1.25 bits per heavy atom. The molecule has 0 spiro atoms. The van der Waals surface area contributed by atoms with Crippen molar-refractivity contribution in [3.8, 4) is 11.5 Å². The zero-order valence-electron chi connectivity index (χ0n) is 15.0. The number of nitrogens with zero attached hydrogens (tertiary/aromatic N) is 1. The minimum Gasteiger partial charge on any atom is -0.493 e. The maximum Gasteiger partial charge on any atom is 0.264 e. The SMILES string of the molecule is COc1cc(C=O)ccc1OCC(=O)Nc1ncc(Cc2cccc(Cl)c2)s1. The Kier molecular flexibility index (Phi) is 6.62. The zero-order valence-corrected chi connectivity index (χ0v) is 16.5. The number of halogens is 1. The third-order valence-electron chi connectivity index (χ3n) is 3.75. The third kappa shape index (κ3) is 5.31. The number of hydrogen-bond acceptors (Lipinski definition) is 6. The molecule has 0 bridgehead atoms. The average molecular weight is 417 g/mol. The molecule has 0 unspecified atom stereocenters. The van der Waals surface area contributed by atoms with Crippen LogP contribution in [0.3, 0.4) is 0 Å². The van der Waals surface area contributed by atoms with Crippen molar-refractivity contribution in [1.29, 1.82) is 0 Å². The van der Waals surface area contributed by atoms with E-state index in [1.165, 1.54) is 18.4 Å². The standard InChI is InChI=1S/C20H17ClN2O4S/c1-26-18-9-14(11-24)5-6-17(18)27-12-19(25)23-20-22-10-16(28-20)8-13-3-2-4-15(21)7-13/h2-7,9-11H,8,12H2,1H3,(H,22,23,25). The van der Waals surface area contributed by atoms with Crippen LogP contribution in [0.1, 0.15) is 20.8 Å². The number of nitrogens with one attached hydrogen (secondary N) is 1. The molecule has 0 radical (unpaired) electrons. The average Bonchev–Trinajstić information content (AvgIpc) is 3.12. The Morgan fingerprint density at radius 3 is 2.86 bits per heavy atom. The van der Waals surface area contributed by atoms with Crippen LogP contribution in [-0.4, -0.2) is 30.9 Å². The minimum absolute atomic E-state index is 0.208. The van der Waals surface area contributed by atoms with Gasteiger partial charge in [0.1, 0.15) is 6.29 Å². The second-order valence-electron chi connectivity index (χ2n) is 5.80. The number of hydrogen-bond donors (Lipinski definition) is 1. The zero-order chi connectivity index (χ0) is 19.9. The number of thiazole rings is 1. The number of benzene rings is 2. The highest BCUT2D eigenvalue weighted by Crippen LogP contribution is 2.27. The van der Waals surface area contributed by atoms with Crippen LogP contribution >= 0.6 is 22.9 Å². The smallest absolute Gasteiger partial charge is 0.264 e. The van der Waals surface area contributed by atoms with E-state index in [-0.39, 0.29) is 12.5 Å². The quantitative estimate of drug-likeness (QED) is 0.556. The molecule has 0 aliphatic carbocycles. The van der Waals surface area contributed by atoms with Gasteiger partial charge in [0.05, 0.1) is 7.11 Å². The largest absolute Gasteiger partial charge is 0.493 e. The Hall–Kier alpha value is -2.90. The van der Waals surface area contributed by atoms with Gasteiger partial charge >= 0.3 is 0 Å². The summed E-state index contributed by atoms with van der Waals surface area (Å²) in [5.41, 5.74) is 1.53. The molecule has 28 heavy (non-hydrogen) atoms. The van der Waals surface area contributed by atoms with Gasteiger partial charge in [-0.3, -0.25) is 14.9 Å². The van der Waals surface area contributed by atoms with Gasteiger partial charge in [0.2, 0.25) is 0 Å². The van der Waals surface area contributed by atoms with Crippen LogP contribution in [0.25, 0.3) is 0 Å². The highest BCUT2D eigenvalue weighted by atomic mass is 35.5. The van der Waals surface area contributed by atoms with Gasteiger partial charge in [-0.15, -0.1) is 11.3 Å². The van der Waals surface area contributed by atoms with Gasteiger partial charge in [-0.1, -0.05) is 23.7 Å². The van der Waals surface area contributed by atoms with Crippen LogP contribution in [0.5, 0.6) is 11.5 Å². The first-order valence-corrected chi connectivity index (χ1v) is 9.52. The predicted octanol–water partition coefficient (Wildman–Crippen LogP) is 4.23. The number of amides is 1. The van der Waals surface area contributed by atoms with Crippen molar-refractivity contribution in [3.63, 3.8) is 0 Å². The van der Waals surface area contributed by atoms with Crippen molar-refractivity contribution < 1.29 is 19.1 Å². The number of carbonyl (C=O) groups is 2. The lowest BCUT2D eigenvalue weighted by molar-refractivity contribution is -0.118. The maximum absolute atomic E-state index is 12.1. The summed E-state index contributed by atoms with van der Waals surface area (Å²) in [7, 11) is 1.47. The molecular formula is C20H17ClN2O4S. The molecule has 1 amide bonds. The fraction of sp³-hybridized carbons (Fsp3) is 0.150. The fourth-order valence-electron chi connectivity index (χ4n) is 2.47. The van der Waals surface area contributed by atoms with Crippen LogP contribution < -0.4 is 14.8 Å². The number of aldehydes is 1. The van der Waals surface area contributed by atoms with Crippen LogP contribution in [0.2, 0.25) is 5.02 Å². The van der Waals surface area contributed by atoms with Crippen molar-refractivity contribution in [1.82, 2.24) is 4.98 Å². The van der Waals surface area contributed by atoms with Crippen LogP contribution in [-0.2, 0) is 11.2 Å². The van der Waals surface area contributed by atoms with Crippen molar-refractivity contribution in [3.05, 3.63) is 69.7 Å². The molecule has 1 heterocycles. The number of methoxy groups -OCH3 is 1. The molecule has 8 heteroatoms. The van der Waals surface area contributed by atoms with Crippen LogP contribution in [0.15, 0.2) is 48.7 Å². The summed E-state index contributed by atoms with van der Waals surface area (Å²) in [5.74, 6) is 0.421. The molecule has 1 aromatic heterocycles. The summed E-state index contributed by atoms with van der Waals surface area (Å²) >= 11 is 7.39. The molecule has 0 aliphatic heterocycles. The Bertz CT molecular complexity index is 990. The predicted molar refractivity (Wildman–Crippen MR) is 109 cm³/mol. The summed E-state index contributed by atoms with van der Waals surface area (Å²) < 4.78 is 10.7. The van der Waals surface area contributed by atoms with E-state index in [0.717, 1.165) is 10.4 Å². The van der Waals surface area contributed by atoms with E-state index < -0.39 is 0 Å². The summed E-state index contributed by atoms with van der Waals surface area (Å²) in [5, 5.41) is 3.89. The molecule has 6 nitrogen and oxygen atoms in total.